The third kappa shape index (κ3) is 9.54. The molecule has 1 fully saturated rings. The van der Waals surface area contributed by atoms with E-state index < -0.39 is 8.80 Å². The molecule has 1 unspecified atom stereocenters. The van der Waals surface area contributed by atoms with Gasteiger partial charge in [-0.1, -0.05) is 36.8 Å². The Morgan fingerprint density at radius 1 is 0.829 bits per heavy atom. The van der Waals surface area contributed by atoms with Gasteiger partial charge in [-0.15, -0.1) is 0 Å². The summed E-state index contributed by atoms with van der Waals surface area (Å²) >= 11 is 0. The van der Waals surface area contributed by atoms with Gasteiger partial charge < -0.3 is 18.0 Å². The van der Waals surface area contributed by atoms with Crippen LogP contribution < -0.4 is 0 Å². The van der Waals surface area contributed by atoms with Crippen LogP contribution in [0.5, 0.6) is 0 Å². The van der Waals surface area contributed by atoms with Gasteiger partial charge in [0.2, 0.25) is 0 Å². The van der Waals surface area contributed by atoms with Gasteiger partial charge in [0.15, 0.2) is 0 Å². The molecule has 0 N–H and O–H groups in total. The lowest BCUT2D eigenvalue weighted by Crippen LogP contribution is -2.58. The molecule has 35 heavy (non-hydrogen) atoms. The second kappa shape index (κ2) is 14.8. The maximum absolute atomic E-state index is 6.73. The van der Waals surface area contributed by atoms with Crippen LogP contribution in [0.15, 0.2) is 30.3 Å². The number of nitrogens with zero attached hydrogens (tertiary/aromatic N) is 1. The highest BCUT2D eigenvalue weighted by atomic mass is 28.4. The molecule has 6 nitrogen and oxygen atoms in total. The zero-order valence-electron chi connectivity index (χ0n) is 23.4. The second-order valence-corrected chi connectivity index (χ2v) is 13.4. The first kappa shape index (κ1) is 30.4. The molecule has 1 aromatic carbocycles. The van der Waals surface area contributed by atoms with E-state index in [0.717, 1.165) is 43.7 Å². The molecule has 0 amide bonds. The number of rotatable bonds is 17. The summed E-state index contributed by atoms with van der Waals surface area (Å²) in [6, 6.07) is 11.3. The fourth-order valence-corrected chi connectivity index (χ4v) is 7.84. The molecule has 7 heteroatoms. The van der Waals surface area contributed by atoms with Crippen LogP contribution in [0.1, 0.15) is 98.7 Å². The van der Waals surface area contributed by atoms with Crippen LogP contribution in [0.2, 0.25) is 6.04 Å². The van der Waals surface area contributed by atoms with Crippen molar-refractivity contribution in [1.29, 1.82) is 0 Å². The maximum Gasteiger partial charge on any atom is 0.500 e. The molecule has 1 heterocycles. The van der Waals surface area contributed by atoms with Gasteiger partial charge in [-0.05, 0) is 86.1 Å². The fraction of sp³-hybridized carbons (Fsp3) is 0.786. The number of benzene rings is 1. The standard InChI is InChI=1S/C28H51NO5Si/c1-8-31-35(32-9-2,33-10-3)23-16-12-15-22-30-24-26(25-18-13-11-14-19-25)34-29-27(4,5)20-17-21-28(29,6)7/h11,13-14,18-19,26H,8-10,12,15-17,20-24H2,1-7H3. The van der Waals surface area contributed by atoms with Crippen LogP contribution in [0.3, 0.4) is 0 Å². The summed E-state index contributed by atoms with van der Waals surface area (Å²) in [7, 11) is -2.54. The van der Waals surface area contributed by atoms with Gasteiger partial charge in [-0.25, -0.2) is 0 Å². The van der Waals surface area contributed by atoms with Crippen LogP contribution in [0, 0.1) is 0 Å². The molecule has 0 aromatic heterocycles. The molecular weight excluding hydrogens is 458 g/mol. The van der Waals surface area contributed by atoms with Gasteiger partial charge in [0.25, 0.3) is 0 Å². The summed E-state index contributed by atoms with van der Waals surface area (Å²) in [5.74, 6) is 0. The van der Waals surface area contributed by atoms with E-state index in [1.165, 1.54) is 6.42 Å². The van der Waals surface area contributed by atoms with Gasteiger partial charge >= 0.3 is 8.80 Å². The first-order valence-corrected chi connectivity index (χ1v) is 15.6. The number of ether oxygens (including phenoxy) is 1. The third-order valence-corrected chi connectivity index (χ3v) is 9.87. The Morgan fingerprint density at radius 3 is 1.94 bits per heavy atom. The van der Waals surface area contributed by atoms with Gasteiger partial charge in [0.1, 0.15) is 6.10 Å². The molecule has 2 rings (SSSR count). The minimum absolute atomic E-state index is 0.00710. The molecule has 1 atom stereocenters. The predicted molar refractivity (Wildman–Crippen MR) is 144 cm³/mol. The minimum Gasteiger partial charge on any atom is -0.378 e. The highest BCUT2D eigenvalue weighted by Gasteiger charge is 2.44. The molecular formula is C28H51NO5Si. The molecule has 0 radical (unpaired) electrons. The molecule has 0 saturated carbocycles. The summed E-state index contributed by atoms with van der Waals surface area (Å²) in [4.78, 5) is 6.73. The Morgan fingerprint density at radius 2 is 1.40 bits per heavy atom. The predicted octanol–water partition coefficient (Wildman–Crippen LogP) is 6.94. The maximum atomic E-state index is 6.73. The molecule has 0 spiro atoms. The molecule has 0 aliphatic carbocycles. The van der Waals surface area contributed by atoms with Gasteiger partial charge in [0.05, 0.1) is 6.61 Å². The van der Waals surface area contributed by atoms with E-state index in [4.69, 9.17) is 22.9 Å². The molecule has 202 valence electrons. The van der Waals surface area contributed by atoms with Crippen LogP contribution in [-0.4, -0.2) is 58.0 Å². The van der Waals surface area contributed by atoms with E-state index in [1.54, 1.807) is 0 Å². The van der Waals surface area contributed by atoms with Gasteiger partial charge in [-0.2, -0.15) is 5.06 Å². The molecule has 0 bridgehead atoms. The molecule has 1 aromatic rings. The van der Waals surface area contributed by atoms with Crippen molar-refractivity contribution in [2.24, 2.45) is 0 Å². The zero-order chi connectivity index (χ0) is 25.8. The van der Waals surface area contributed by atoms with Crippen molar-refractivity contribution in [3.05, 3.63) is 35.9 Å². The van der Waals surface area contributed by atoms with Crippen molar-refractivity contribution < 1.29 is 22.9 Å². The topological polar surface area (TPSA) is 49.4 Å². The second-order valence-electron chi connectivity index (χ2n) is 10.6. The molecule has 1 aliphatic rings. The van der Waals surface area contributed by atoms with Crippen LogP contribution in [0.25, 0.3) is 0 Å². The van der Waals surface area contributed by atoms with Crippen molar-refractivity contribution in [2.45, 2.75) is 110 Å². The Balaban J connectivity index is 1.88. The van der Waals surface area contributed by atoms with Crippen LogP contribution in [-0.2, 0) is 22.9 Å². The van der Waals surface area contributed by atoms with Crippen molar-refractivity contribution in [3.63, 3.8) is 0 Å². The van der Waals surface area contributed by atoms with E-state index >= 15 is 0 Å². The van der Waals surface area contributed by atoms with Crippen LogP contribution >= 0.6 is 0 Å². The average Bonchev–Trinajstić information content (AvgIpc) is 2.80. The number of hydroxylamine groups is 2. The lowest BCUT2D eigenvalue weighted by molar-refractivity contribution is -0.312. The van der Waals surface area contributed by atoms with E-state index in [2.05, 4.69) is 57.0 Å². The highest BCUT2D eigenvalue weighted by molar-refractivity contribution is 6.60. The van der Waals surface area contributed by atoms with Crippen molar-refractivity contribution in [3.8, 4) is 0 Å². The summed E-state index contributed by atoms with van der Waals surface area (Å²) in [5, 5.41) is 2.24. The number of unbranched alkanes of at least 4 members (excludes halogenated alkanes) is 2. The fourth-order valence-electron chi connectivity index (χ4n) is 5.16. The Kier molecular flexibility index (Phi) is 12.9. The Bertz CT molecular complexity index is 667. The zero-order valence-corrected chi connectivity index (χ0v) is 24.4. The van der Waals surface area contributed by atoms with Gasteiger partial charge in [0, 0.05) is 43.5 Å². The normalized spacial score (nSPS) is 19.1. The smallest absolute Gasteiger partial charge is 0.378 e. The lowest BCUT2D eigenvalue weighted by Gasteiger charge is -2.52. The SMILES string of the molecule is CCO[Si](CCCCCOCC(ON1C(C)(C)CCCC1(C)C)c1ccccc1)(OCC)OCC. The van der Waals surface area contributed by atoms with E-state index in [-0.39, 0.29) is 17.2 Å². The average molecular weight is 510 g/mol. The summed E-state index contributed by atoms with van der Waals surface area (Å²) in [6.07, 6.45) is 6.45. The minimum atomic E-state index is -2.54. The number of piperidine rings is 1. The monoisotopic (exact) mass is 509 g/mol. The van der Waals surface area contributed by atoms with E-state index in [0.29, 0.717) is 33.0 Å². The van der Waals surface area contributed by atoms with Crippen molar-refractivity contribution in [2.75, 3.05) is 33.0 Å². The number of hydrogen-bond acceptors (Lipinski definition) is 6. The first-order valence-electron chi connectivity index (χ1n) is 13.7. The van der Waals surface area contributed by atoms with Gasteiger partial charge in [-0.3, -0.25) is 4.84 Å². The Labute approximate surface area is 215 Å². The summed E-state index contributed by atoms with van der Waals surface area (Å²) in [6.45, 7) is 18.3. The summed E-state index contributed by atoms with van der Waals surface area (Å²) < 4.78 is 24.1. The third-order valence-electron chi connectivity index (χ3n) is 6.71. The number of hydrogen-bond donors (Lipinski definition) is 0. The quantitative estimate of drug-likeness (QED) is 0.167. The largest absolute Gasteiger partial charge is 0.500 e. The first-order chi connectivity index (χ1) is 16.7. The Hall–Kier alpha value is -0.803. The molecule has 1 saturated heterocycles. The molecule has 1 aliphatic heterocycles. The van der Waals surface area contributed by atoms with E-state index in [1.807, 2.05) is 26.8 Å². The highest BCUT2D eigenvalue weighted by Crippen LogP contribution is 2.40. The lowest BCUT2D eigenvalue weighted by atomic mass is 9.82. The van der Waals surface area contributed by atoms with Crippen molar-refractivity contribution >= 4 is 8.80 Å². The summed E-state index contributed by atoms with van der Waals surface area (Å²) in [5.41, 5.74) is 1.14. The van der Waals surface area contributed by atoms with Crippen LogP contribution in [0.4, 0.5) is 0 Å². The van der Waals surface area contributed by atoms with Crippen molar-refractivity contribution in [1.82, 2.24) is 5.06 Å². The van der Waals surface area contributed by atoms with E-state index in [9.17, 15) is 0 Å².